The Morgan fingerprint density at radius 1 is 0.926 bits per heavy atom. The van der Waals surface area contributed by atoms with Crippen molar-refractivity contribution in [2.45, 2.75) is 6.18 Å². The Labute approximate surface area is 153 Å². The zero-order valence-corrected chi connectivity index (χ0v) is 14.4. The van der Waals surface area contributed by atoms with Crippen LogP contribution >= 0.6 is 0 Å². The molecule has 0 spiro atoms. The van der Waals surface area contributed by atoms with Gasteiger partial charge in [0.15, 0.2) is 11.5 Å². The highest BCUT2D eigenvalue weighted by atomic mass is 19.4. The highest BCUT2D eigenvalue weighted by Crippen LogP contribution is 2.32. The summed E-state index contributed by atoms with van der Waals surface area (Å²) < 4.78 is 48.3. The number of methoxy groups -OCH3 is 2. The Kier molecular flexibility index (Phi) is 5.11. The van der Waals surface area contributed by atoms with E-state index in [1.165, 1.54) is 19.4 Å². The Morgan fingerprint density at radius 3 is 2.33 bits per heavy atom. The summed E-state index contributed by atoms with van der Waals surface area (Å²) in [5, 5.41) is 2.79. The zero-order valence-electron chi connectivity index (χ0n) is 14.4. The number of ether oxygens (including phenoxy) is 2. The maximum atomic E-state index is 12.6. The summed E-state index contributed by atoms with van der Waals surface area (Å²) in [5.74, 6) is 1.54. The van der Waals surface area contributed by atoms with E-state index in [1.54, 1.807) is 25.3 Å². The van der Waals surface area contributed by atoms with E-state index >= 15 is 0 Å². The number of halogens is 3. The Balaban J connectivity index is 1.84. The summed E-state index contributed by atoms with van der Waals surface area (Å²) in [6.45, 7) is 0. The molecule has 0 aliphatic heterocycles. The summed E-state index contributed by atoms with van der Waals surface area (Å²) >= 11 is 0. The second-order valence-electron chi connectivity index (χ2n) is 5.39. The zero-order chi connectivity index (χ0) is 19.4. The number of hydrogen-bond acceptors (Lipinski definition) is 6. The molecule has 0 saturated heterocycles. The normalized spacial score (nSPS) is 11.1. The van der Waals surface area contributed by atoms with Gasteiger partial charge in [0.25, 0.3) is 0 Å². The first kappa shape index (κ1) is 18.4. The van der Waals surface area contributed by atoms with E-state index in [0.29, 0.717) is 17.2 Å². The van der Waals surface area contributed by atoms with E-state index < -0.39 is 11.7 Å². The molecule has 1 N–H and O–H groups in total. The van der Waals surface area contributed by atoms with Gasteiger partial charge in [-0.05, 0) is 36.4 Å². The van der Waals surface area contributed by atoms with Gasteiger partial charge in [0.1, 0.15) is 5.82 Å². The van der Waals surface area contributed by atoms with Crippen molar-refractivity contribution in [2.24, 2.45) is 0 Å². The predicted octanol–water partition coefficient (Wildman–Crippen LogP) is 4.32. The van der Waals surface area contributed by atoms with E-state index in [1.807, 2.05) is 6.07 Å². The summed E-state index contributed by atoms with van der Waals surface area (Å²) in [6.07, 6.45) is -2.15. The SMILES string of the molecule is COc1ccc(-c2ccnc(Nc3ccc(C(F)(F)F)cn3)n2)cc1OC. The molecular formula is C18H15F3N4O2. The van der Waals surface area contributed by atoms with Crippen LogP contribution in [0.25, 0.3) is 11.3 Å². The number of hydrogen-bond donors (Lipinski definition) is 1. The van der Waals surface area contributed by atoms with Gasteiger partial charge in [-0.3, -0.25) is 0 Å². The second-order valence-corrected chi connectivity index (χ2v) is 5.39. The van der Waals surface area contributed by atoms with Crippen molar-refractivity contribution in [1.29, 1.82) is 0 Å². The van der Waals surface area contributed by atoms with Gasteiger partial charge in [-0.25, -0.2) is 15.0 Å². The lowest BCUT2D eigenvalue weighted by atomic mass is 10.1. The average molecular weight is 376 g/mol. The fourth-order valence-electron chi connectivity index (χ4n) is 2.33. The average Bonchev–Trinajstić information content (AvgIpc) is 2.67. The maximum absolute atomic E-state index is 12.6. The van der Waals surface area contributed by atoms with E-state index in [2.05, 4.69) is 20.3 Å². The lowest BCUT2D eigenvalue weighted by molar-refractivity contribution is -0.137. The number of aromatic nitrogens is 3. The molecule has 9 heteroatoms. The van der Waals surface area contributed by atoms with Crippen LogP contribution in [-0.2, 0) is 6.18 Å². The Morgan fingerprint density at radius 2 is 1.70 bits per heavy atom. The number of benzene rings is 1. The highest BCUT2D eigenvalue weighted by molar-refractivity contribution is 5.65. The Hall–Kier alpha value is -3.36. The van der Waals surface area contributed by atoms with Crippen LogP contribution < -0.4 is 14.8 Å². The van der Waals surface area contributed by atoms with Gasteiger partial charge in [-0.15, -0.1) is 0 Å². The van der Waals surface area contributed by atoms with Crippen molar-refractivity contribution >= 4 is 11.8 Å². The summed E-state index contributed by atoms with van der Waals surface area (Å²) in [7, 11) is 3.08. The molecule has 0 saturated carbocycles. The minimum Gasteiger partial charge on any atom is -0.493 e. The number of anilines is 2. The Bertz CT molecular complexity index is 931. The van der Waals surface area contributed by atoms with Crippen LogP contribution in [0, 0.1) is 0 Å². The molecule has 1 aromatic carbocycles. The van der Waals surface area contributed by atoms with Crippen LogP contribution in [0.1, 0.15) is 5.56 Å². The molecule has 0 radical (unpaired) electrons. The third kappa shape index (κ3) is 4.25. The van der Waals surface area contributed by atoms with Crippen LogP contribution in [0.4, 0.5) is 24.9 Å². The minimum absolute atomic E-state index is 0.201. The van der Waals surface area contributed by atoms with Gasteiger partial charge < -0.3 is 14.8 Å². The van der Waals surface area contributed by atoms with Gasteiger partial charge in [0.2, 0.25) is 5.95 Å². The van der Waals surface area contributed by atoms with Crippen molar-refractivity contribution in [1.82, 2.24) is 15.0 Å². The van der Waals surface area contributed by atoms with E-state index in [0.717, 1.165) is 17.8 Å². The molecule has 3 aromatic rings. The first-order valence-electron chi connectivity index (χ1n) is 7.76. The number of pyridine rings is 1. The molecule has 140 valence electrons. The third-order valence-electron chi connectivity index (χ3n) is 3.67. The number of rotatable bonds is 5. The molecule has 0 fully saturated rings. The fraction of sp³-hybridized carbons (Fsp3) is 0.167. The molecule has 3 rings (SSSR count). The molecule has 0 amide bonds. The van der Waals surface area contributed by atoms with Gasteiger partial charge in [-0.1, -0.05) is 0 Å². The first-order valence-corrected chi connectivity index (χ1v) is 7.76. The molecule has 2 heterocycles. The molecule has 0 unspecified atom stereocenters. The molecule has 0 atom stereocenters. The smallest absolute Gasteiger partial charge is 0.417 e. The van der Waals surface area contributed by atoms with E-state index in [-0.39, 0.29) is 11.8 Å². The molecule has 2 aromatic heterocycles. The van der Waals surface area contributed by atoms with Crippen LogP contribution in [-0.4, -0.2) is 29.2 Å². The lowest BCUT2D eigenvalue weighted by Gasteiger charge is -2.10. The monoisotopic (exact) mass is 376 g/mol. The van der Waals surface area contributed by atoms with Crippen molar-refractivity contribution in [3.05, 3.63) is 54.4 Å². The van der Waals surface area contributed by atoms with Gasteiger partial charge in [-0.2, -0.15) is 13.2 Å². The third-order valence-corrected chi connectivity index (χ3v) is 3.67. The quantitative estimate of drug-likeness (QED) is 0.715. The van der Waals surface area contributed by atoms with Crippen LogP contribution in [0.2, 0.25) is 0 Å². The van der Waals surface area contributed by atoms with Crippen molar-refractivity contribution in [3.8, 4) is 22.8 Å². The molecule has 6 nitrogen and oxygen atoms in total. The van der Waals surface area contributed by atoms with Gasteiger partial charge in [0.05, 0.1) is 25.5 Å². The van der Waals surface area contributed by atoms with Crippen molar-refractivity contribution < 1.29 is 22.6 Å². The standard InChI is InChI=1S/C18H15F3N4O2/c1-26-14-5-3-11(9-15(14)27-2)13-7-8-22-17(24-13)25-16-6-4-12(10-23-16)18(19,20)21/h3-10H,1-2H3,(H,22,23,24,25). The summed E-state index contributed by atoms with van der Waals surface area (Å²) in [5.41, 5.74) is 0.534. The van der Waals surface area contributed by atoms with Crippen molar-refractivity contribution in [2.75, 3.05) is 19.5 Å². The molecular weight excluding hydrogens is 361 g/mol. The number of nitrogens with zero attached hydrogens (tertiary/aromatic N) is 3. The molecule has 0 bridgehead atoms. The largest absolute Gasteiger partial charge is 0.493 e. The highest BCUT2D eigenvalue weighted by Gasteiger charge is 2.30. The summed E-state index contributed by atoms with van der Waals surface area (Å²) in [6, 6.07) is 9.18. The topological polar surface area (TPSA) is 69.2 Å². The summed E-state index contributed by atoms with van der Waals surface area (Å²) in [4.78, 5) is 12.2. The van der Waals surface area contributed by atoms with Crippen LogP contribution in [0.3, 0.4) is 0 Å². The molecule has 27 heavy (non-hydrogen) atoms. The van der Waals surface area contributed by atoms with Crippen molar-refractivity contribution in [3.63, 3.8) is 0 Å². The maximum Gasteiger partial charge on any atom is 0.417 e. The number of nitrogens with one attached hydrogen (secondary N) is 1. The first-order chi connectivity index (χ1) is 12.9. The van der Waals surface area contributed by atoms with Crippen LogP contribution in [0.15, 0.2) is 48.8 Å². The predicted molar refractivity (Wildman–Crippen MR) is 93.1 cm³/mol. The van der Waals surface area contributed by atoms with Gasteiger partial charge in [0, 0.05) is 18.0 Å². The molecule has 0 aliphatic carbocycles. The lowest BCUT2D eigenvalue weighted by Crippen LogP contribution is -2.06. The number of alkyl halides is 3. The van der Waals surface area contributed by atoms with Gasteiger partial charge >= 0.3 is 6.18 Å². The minimum atomic E-state index is -4.44. The van der Waals surface area contributed by atoms with E-state index in [9.17, 15) is 13.2 Å². The van der Waals surface area contributed by atoms with Crippen LogP contribution in [0.5, 0.6) is 11.5 Å². The van der Waals surface area contributed by atoms with E-state index in [4.69, 9.17) is 9.47 Å². The fourth-order valence-corrected chi connectivity index (χ4v) is 2.33. The molecule has 0 aliphatic rings. The second kappa shape index (κ2) is 7.48.